The van der Waals surface area contributed by atoms with Crippen LogP contribution in [0.15, 0.2) is 18.2 Å². The summed E-state index contributed by atoms with van der Waals surface area (Å²) in [7, 11) is 0. The van der Waals surface area contributed by atoms with Crippen LogP contribution in [0, 0.1) is 5.92 Å². The summed E-state index contributed by atoms with van der Waals surface area (Å²) in [6.07, 6.45) is 3.25. The number of aromatic hydroxyl groups is 2. The predicted molar refractivity (Wildman–Crippen MR) is 84.4 cm³/mol. The number of hydrogen-bond acceptors (Lipinski definition) is 4. The zero-order valence-corrected chi connectivity index (χ0v) is 12.7. The second kappa shape index (κ2) is 5.89. The summed E-state index contributed by atoms with van der Waals surface area (Å²) in [5, 5.41) is 22.1. The number of thiocarbonyl (C=S) groups is 1. The van der Waals surface area contributed by atoms with Crippen LogP contribution >= 0.6 is 12.2 Å². The molecule has 0 spiro atoms. The van der Waals surface area contributed by atoms with E-state index >= 15 is 0 Å². The minimum atomic E-state index is -0.711. The zero-order chi connectivity index (χ0) is 15.6. The van der Waals surface area contributed by atoms with Crippen LogP contribution in [0.1, 0.15) is 43.0 Å². The van der Waals surface area contributed by atoms with Crippen molar-refractivity contribution in [2.45, 2.75) is 38.1 Å². The summed E-state index contributed by atoms with van der Waals surface area (Å²) in [6, 6.07) is 4.27. The first-order valence-electron chi connectivity index (χ1n) is 6.99. The number of nitrogens with two attached hydrogens (primary N) is 1. The van der Waals surface area contributed by atoms with Crippen LogP contribution in [-0.2, 0) is 0 Å². The summed E-state index contributed by atoms with van der Waals surface area (Å²) < 4.78 is 0. The minimum Gasteiger partial charge on any atom is -0.504 e. The highest BCUT2D eigenvalue weighted by molar-refractivity contribution is 7.80. The number of nitrogens with one attached hydrogen (secondary N) is 1. The van der Waals surface area contributed by atoms with E-state index in [1.807, 2.05) is 0 Å². The molecule has 2 rings (SSSR count). The maximum atomic E-state index is 12.4. The van der Waals surface area contributed by atoms with Gasteiger partial charge in [0.05, 0.1) is 16.1 Å². The van der Waals surface area contributed by atoms with Gasteiger partial charge in [0.1, 0.15) is 0 Å². The minimum absolute atomic E-state index is 0.0178. The Hall–Kier alpha value is -1.82. The molecule has 1 aromatic rings. The molecule has 5 nitrogen and oxygen atoms in total. The molecule has 5 N–H and O–H groups in total. The molecule has 1 aliphatic rings. The predicted octanol–water partition coefficient (Wildman–Crippen LogP) is 2.06. The lowest BCUT2D eigenvalue weighted by atomic mass is 9.77. The summed E-state index contributed by atoms with van der Waals surface area (Å²) in [5.74, 6) is -0.661. The van der Waals surface area contributed by atoms with Crippen LogP contribution in [0.3, 0.4) is 0 Å². The van der Waals surface area contributed by atoms with Gasteiger partial charge in [0, 0.05) is 0 Å². The highest BCUT2D eigenvalue weighted by Crippen LogP contribution is 2.34. The maximum Gasteiger partial charge on any atom is 0.255 e. The van der Waals surface area contributed by atoms with Gasteiger partial charge in [-0.25, -0.2) is 0 Å². The summed E-state index contributed by atoms with van der Waals surface area (Å²) in [5.41, 5.74) is 5.15. The highest BCUT2D eigenvalue weighted by Gasteiger charge is 2.38. The molecule has 0 bridgehead atoms. The molecule has 0 aromatic heterocycles. The van der Waals surface area contributed by atoms with E-state index in [1.165, 1.54) is 18.2 Å². The molecule has 114 valence electrons. The fourth-order valence-electron chi connectivity index (χ4n) is 2.69. The van der Waals surface area contributed by atoms with Crippen molar-refractivity contribution in [1.82, 2.24) is 5.32 Å². The summed E-state index contributed by atoms with van der Waals surface area (Å²) in [4.78, 5) is 12.6. The van der Waals surface area contributed by atoms with Crippen LogP contribution in [-0.4, -0.2) is 26.6 Å². The number of carbonyl (C=O) groups is 1. The molecule has 1 fully saturated rings. The first kappa shape index (κ1) is 15.6. The SMILES string of the molecule is CC1CCC(NC(=O)c2cccc(O)c2O)(C(N)=S)CC1. The van der Waals surface area contributed by atoms with E-state index in [2.05, 4.69) is 12.2 Å². The fraction of sp³-hybridized carbons (Fsp3) is 0.467. The molecule has 21 heavy (non-hydrogen) atoms. The van der Waals surface area contributed by atoms with Gasteiger partial charge in [0.15, 0.2) is 11.5 Å². The zero-order valence-electron chi connectivity index (χ0n) is 11.9. The number of rotatable bonds is 3. The smallest absolute Gasteiger partial charge is 0.255 e. The lowest BCUT2D eigenvalue weighted by Crippen LogP contribution is -2.58. The van der Waals surface area contributed by atoms with Gasteiger partial charge < -0.3 is 21.3 Å². The molecule has 0 saturated heterocycles. The Morgan fingerprint density at radius 2 is 2.00 bits per heavy atom. The van der Waals surface area contributed by atoms with Crippen LogP contribution in [0.25, 0.3) is 0 Å². The third-order valence-electron chi connectivity index (χ3n) is 4.21. The maximum absolute atomic E-state index is 12.4. The van der Waals surface area contributed by atoms with E-state index in [4.69, 9.17) is 18.0 Å². The Morgan fingerprint density at radius 3 is 2.57 bits per heavy atom. The molecule has 0 heterocycles. The molecule has 6 heteroatoms. The summed E-state index contributed by atoms with van der Waals surface area (Å²) >= 11 is 5.14. The van der Waals surface area contributed by atoms with E-state index in [0.29, 0.717) is 18.8 Å². The van der Waals surface area contributed by atoms with Crippen LogP contribution in [0.5, 0.6) is 11.5 Å². The van der Waals surface area contributed by atoms with Gasteiger partial charge in [0.2, 0.25) is 0 Å². The molecule has 0 aliphatic heterocycles. The van der Waals surface area contributed by atoms with Gasteiger partial charge in [0.25, 0.3) is 5.91 Å². The average molecular weight is 308 g/mol. The quantitative estimate of drug-likeness (QED) is 0.506. The lowest BCUT2D eigenvalue weighted by Gasteiger charge is -2.39. The van der Waals surface area contributed by atoms with Crippen LogP contribution in [0.2, 0.25) is 0 Å². The number of carbonyl (C=O) groups excluding carboxylic acids is 1. The lowest BCUT2D eigenvalue weighted by molar-refractivity contribution is 0.0897. The monoisotopic (exact) mass is 308 g/mol. The molecule has 1 amide bonds. The van der Waals surface area contributed by atoms with Gasteiger partial charge in [-0.3, -0.25) is 4.79 Å². The molecule has 1 saturated carbocycles. The second-order valence-electron chi connectivity index (χ2n) is 5.76. The Labute approximate surface area is 129 Å². The number of amides is 1. The van der Waals surface area contributed by atoms with Crippen molar-refractivity contribution >= 4 is 23.1 Å². The van der Waals surface area contributed by atoms with E-state index < -0.39 is 17.2 Å². The van der Waals surface area contributed by atoms with Gasteiger partial charge in [-0.05, 0) is 43.7 Å². The van der Waals surface area contributed by atoms with Gasteiger partial charge >= 0.3 is 0 Å². The molecule has 0 atom stereocenters. The topological polar surface area (TPSA) is 95.6 Å². The fourth-order valence-corrected chi connectivity index (χ4v) is 2.94. The third-order valence-corrected chi connectivity index (χ3v) is 4.60. The number of para-hydroxylation sites is 1. The number of phenolic OH excluding ortho intramolecular Hbond substituents is 2. The first-order chi connectivity index (χ1) is 9.85. The van der Waals surface area contributed by atoms with Crippen molar-refractivity contribution < 1.29 is 15.0 Å². The van der Waals surface area contributed by atoms with Gasteiger partial charge in [-0.2, -0.15) is 0 Å². The van der Waals surface area contributed by atoms with Gasteiger partial charge in [-0.15, -0.1) is 0 Å². The molecular formula is C15H20N2O3S. The normalized spacial score (nSPS) is 25.3. The average Bonchev–Trinajstić information content (AvgIpc) is 2.44. The van der Waals surface area contributed by atoms with Gasteiger partial charge in [-0.1, -0.05) is 25.2 Å². The molecule has 0 radical (unpaired) electrons. The second-order valence-corrected chi connectivity index (χ2v) is 6.20. The van der Waals surface area contributed by atoms with E-state index in [9.17, 15) is 15.0 Å². The third kappa shape index (κ3) is 3.10. The van der Waals surface area contributed by atoms with Crippen molar-refractivity contribution in [2.24, 2.45) is 11.7 Å². The summed E-state index contributed by atoms with van der Waals surface area (Å²) in [6.45, 7) is 2.16. The van der Waals surface area contributed by atoms with Crippen molar-refractivity contribution in [3.63, 3.8) is 0 Å². The Bertz CT molecular complexity index is 566. The number of phenols is 2. The van der Waals surface area contributed by atoms with E-state index in [1.54, 1.807) is 0 Å². The Kier molecular flexibility index (Phi) is 4.37. The van der Waals surface area contributed by atoms with Crippen molar-refractivity contribution in [2.75, 3.05) is 0 Å². The number of hydrogen-bond donors (Lipinski definition) is 4. The standard InChI is InChI=1S/C15H20N2O3S/c1-9-5-7-15(8-6-9,14(16)21)17-13(20)10-3-2-4-11(18)12(10)19/h2-4,9,18-19H,5-8H2,1H3,(H2,16,21)(H,17,20). The van der Waals surface area contributed by atoms with Crippen LogP contribution in [0.4, 0.5) is 0 Å². The Balaban J connectivity index is 2.23. The molecule has 1 aliphatic carbocycles. The molecule has 0 unspecified atom stereocenters. The van der Waals surface area contributed by atoms with Crippen molar-refractivity contribution in [1.29, 1.82) is 0 Å². The highest BCUT2D eigenvalue weighted by atomic mass is 32.1. The van der Waals surface area contributed by atoms with E-state index in [0.717, 1.165) is 12.8 Å². The van der Waals surface area contributed by atoms with E-state index in [-0.39, 0.29) is 16.3 Å². The first-order valence-corrected chi connectivity index (χ1v) is 7.40. The van der Waals surface area contributed by atoms with Crippen LogP contribution < -0.4 is 11.1 Å². The van der Waals surface area contributed by atoms with Crippen molar-refractivity contribution in [3.05, 3.63) is 23.8 Å². The van der Waals surface area contributed by atoms with Crippen molar-refractivity contribution in [3.8, 4) is 11.5 Å². The number of benzene rings is 1. The largest absolute Gasteiger partial charge is 0.504 e. The Morgan fingerprint density at radius 1 is 1.38 bits per heavy atom. The molecule has 1 aromatic carbocycles. The molecular weight excluding hydrogens is 288 g/mol.